The van der Waals surface area contributed by atoms with Crippen molar-refractivity contribution in [3.05, 3.63) is 29.8 Å². The fourth-order valence-electron chi connectivity index (χ4n) is 2.38. The molecule has 1 aromatic carbocycles. The lowest BCUT2D eigenvalue weighted by Gasteiger charge is -2.15. The maximum absolute atomic E-state index is 12.8. The maximum atomic E-state index is 12.8. The summed E-state index contributed by atoms with van der Waals surface area (Å²) >= 11 is 0. The van der Waals surface area contributed by atoms with Crippen molar-refractivity contribution in [3.63, 3.8) is 0 Å². The van der Waals surface area contributed by atoms with Gasteiger partial charge in [0.05, 0.1) is 10.5 Å². The van der Waals surface area contributed by atoms with Gasteiger partial charge in [-0.2, -0.15) is 13.2 Å². The molecule has 1 aliphatic rings. The van der Waals surface area contributed by atoms with Crippen LogP contribution in [0.5, 0.6) is 0 Å². The fourth-order valence-corrected chi connectivity index (χ4v) is 3.66. The molecule has 1 heterocycles. The van der Waals surface area contributed by atoms with Gasteiger partial charge in [-0.1, -0.05) is 12.1 Å². The summed E-state index contributed by atoms with van der Waals surface area (Å²) in [6, 6.07) is 4.42. The monoisotopic (exact) mass is 322 g/mol. The van der Waals surface area contributed by atoms with Crippen molar-refractivity contribution in [1.82, 2.24) is 10.0 Å². The smallest absolute Gasteiger partial charge is 0.314 e. The fraction of sp³-hybridized carbons (Fsp3) is 0.538. The molecule has 1 aromatic rings. The van der Waals surface area contributed by atoms with Gasteiger partial charge in [0.15, 0.2) is 0 Å². The topological polar surface area (TPSA) is 58.2 Å². The highest BCUT2D eigenvalue weighted by Gasteiger charge is 2.36. The summed E-state index contributed by atoms with van der Waals surface area (Å²) in [5, 5.41) is 3.20. The molecule has 4 nitrogen and oxygen atoms in total. The molecular formula is C13H17F3N2O2S. The van der Waals surface area contributed by atoms with Crippen LogP contribution in [-0.2, 0) is 16.2 Å². The van der Waals surface area contributed by atoms with Gasteiger partial charge in [0, 0.05) is 12.6 Å². The Morgan fingerprint density at radius 3 is 2.62 bits per heavy atom. The highest BCUT2D eigenvalue weighted by Crippen LogP contribution is 2.33. The number of nitrogens with one attached hydrogen (secondary N) is 2. The zero-order chi connectivity index (χ0) is 15.5. The van der Waals surface area contributed by atoms with Crippen LogP contribution in [0.1, 0.15) is 24.8 Å². The Hall–Kier alpha value is -1.12. The van der Waals surface area contributed by atoms with E-state index in [-0.39, 0.29) is 12.6 Å². The van der Waals surface area contributed by atoms with E-state index in [9.17, 15) is 21.6 Å². The molecule has 1 aliphatic heterocycles. The van der Waals surface area contributed by atoms with Crippen molar-refractivity contribution in [3.8, 4) is 0 Å². The Bertz CT molecular complexity index is 581. The third-order valence-electron chi connectivity index (χ3n) is 3.43. The maximum Gasteiger partial charge on any atom is 0.417 e. The first-order valence-corrected chi connectivity index (χ1v) is 8.18. The van der Waals surface area contributed by atoms with Crippen LogP contribution >= 0.6 is 0 Å². The predicted octanol–water partition coefficient (Wildman–Crippen LogP) is 2.13. The molecular weight excluding hydrogens is 305 g/mol. The van der Waals surface area contributed by atoms with Gasteiger partial charge in [0.25, 0.3) is 0 Å². The van der Waals surface area contributed by atoms with E-state index >= 15 is 0 Å². The zero-order valence-electron chi connectivity index (χ0n) is 11.3. The highest BCUT2D eigenvalue weighted by atomic mass is 32.2. The van der Waals surface area contributed by atoms with E-state index in [0.717, 1.165) is 31.5 Å². The molecule has 118 valence electrons. The summed E-state index contributed by atoms with van der Waals surface area (Å²) in [5.41, 5.74) is -1.14. The molecule has 0 saturated carbocycles. The Balaban J connectivity index is 2.08. The number of rotatable bonds is 5. The minimum atomic E-state index is -4.70. The highest BCUT2D eigenvalue weighted by molar-refractivity contribution is 7.89. The molecule has 2 rings (SSSR count). The Morgan fingerprint density at radius 2 is 2.00 bits per heavy atom. The number of benzene rings is 1. The van der Waals surface area contributed by atoms with Crippen molar-refractivity contribution in [1.29, 1.82) is 0 Å². The van der Waals surface area contributed by atoms with E-state index < -0.39 is 26.7 Å². The van der Waals surface area contributed by atoms with Crippen LogP contribution in [0.25, 0.3) is 0 Å². The normalized spacial score (nSPS) is 19.9. The largest absolute Gasteiger partial charge is 0.417 e. The first-order chi connectivity index (χ1) is 9.81. The van der Waals surface area contributed by atoms with Crippen LogP contribution < -0.4 is 10.0 Å². The summed E-state index contributed by atoms with van der Waals surface area (Å²) in [6.45, 7) is 1.01. The second-order valence-electron chi connectivity index (χ2n) is 4.97. The zero-order valence-corrected chi connectivity index (χ0v) is 12.1. The number of hydrogen-bond donors (Lipinski definition) is 2. The summed E-state index contributed by atoms with van der Waals surface area (Å²) in [4.78, 5) is -0.725. The lowest BCUT2D eigenvalue weighted by atomic mass is 10.2. The predicted molar refractivity (Wildman–Crippen MR) is 72.3 cm³/mol. The van der Waals surface area contributed by atoms with Crippen LogP contribution in [0.4, 0.5) is 13.2 Å². The van der Waals surface area contributed by atoms with Crippen LogP contribution in [0.3, 0.4) is 0 Å². The van der Waals surface area contributed by atoms with Crippen LogP contribution in [0.2, 0.25) is 0 Å². The summed E-state index contributed by atoms with van der Waals surface area (Å²) in [6.07, 6.45) is -2.14. The van der Waals surface area contributed by atoms with E-state index in [2.05, 4.69) is 10.0 Å². The molecule has 0 radical (unpaired) electrons. The lowest BCUT2D eigenvalue weighted by molar-refractivity contribution is -0.139. The van der Waals surface area contributed by atoms with E-state index in [1.807, 2.05) is 0 Å². The SMILES string of the molecule is O=S(=O)(NCC[C@H]1CCCN1)c1ccccc1C(F)(F)F. The number of hydrogen-bond acceptors (Lipinski definition) is 3. The Morgan fingerprint density at radius 1 is 1.29 bits per heavy atom. The van der Waals surface area contributed by atoms with Crippen molar-refractivity contribution in [2.75, 3.05) is 13.1 Å². The average Bonchev–Trinajstić information content (AvgIpc) is 2.91. The molecule has 1 atom stereocenters. The van der Waals surface area contributed by atoms with Gasteiger partial charge in [-0.15, -0.1) is 0 Å². The average molecular weight is 322 g/mol. The number of sulfonamides is 1. The molecule has 0 spiro atoms. The first-order valence-electron chi connectivity index (χ1n) is 6.70. The Kier molecular flexibility index (Phi) is 4.90. The quantitative estimate of drug-likeness (QED) is 0.873. The summed E-state index contributed by atoms with van der Waals surface area (Å²) in [7, 11) is -4.16. The molecule has 0 bridgehead atoms. The van der Waals surface area contributed by atoms with E-state index in [1.54, 1.807) is 0 Å². The van der Waals surface area contributed by atoms with Crippen molar-refractivity contribution in [2.45, 2.75) is 36.4 Å². The number of alkyl halides is 3. The van der Waals surface area contributed by atoms with Crippen molar-refractivity contribution >= 4 is 10.0 Å². The van der Waals surface area contributed by atoms with Crippen LogP contribution in [0.15, 0.2) is 29.2 Å². The molecule has 0 unspecified atom stereocenters. The molecule has 1 fully saturated rings. The van der Waals surface area contributed by atoms with Crippen molar-refractivity contribution < 1.29 is 21.6 Å². The van der Waals surface area contributed by atoms with E-state index in [1.165, 1.54) is 12.1 Å². The van der Waals surface area contributed by atoms with Gasteiger partial charge in [-0.05, 0) is 37.9 Å². The van der Waals surface area contributed by atoms with Gasteiger partial charge < -0.3 is 5.32 Å². The first kappa shape index (κ1) is 16.3. The summed E-state index contributed by atoms with van der Waals surface area (Å²) < 4.78 is 64.9. The second kappa shape index (κ2) is 6.33. The minimum Gasteiger partial charge on any atom is -0.314 e. The van der Waals surface area contributed by atoms with Gasteiger partial charge in [0.1, 0.15) is 0 Å². The van der Waals surface area contributed by atoms with Gasteiger partial charge in [0.2, 0.25) is 10.0 Å². The molecule has 21 heavy (non-hydrogen) atoms. The van der Waals surface area contributed by atoms with E-state index in [0.29, 0.717) is 6.42 Å². The lowest BCUT2D eigenvalue weighted by Crippen LogP contribution is -2.31. The Labute approximate surface area is 121 Å². The van der Waals surface area contributed by atoms with Gasteiger partial charge in [-0.25, -0.2) is 13.1 Å². The molecule has 0 aromatic heterocycles. The second-order valence-corrected chi connectivity index (χ2v) is 6.71. The molecule has 8 heteroatoms. The van der Waals surface area contributed by atoms with E-state index in [4.69, 9.17) is 0 Å². The van der Waals surface area contributed by atoms with Crippen LogP contribution in [-0.4, -0.2) is 27.5 Å². The molecule has 0 aliphatic carbocycles. The third-order valence-corrected chi connectivity index (χ3v) is 4.95. The molecule has 1 saturated heterocycles. The molecule has 2 N–H and O–H groups in total. The van der Waals surface area contributed by atoms with Crippen LogP contribution in [0, 0.1) is 0 Å². The minimum absolute atomic E-state index is 0.117. The van der Waals surface area contributed by atoms with Gasteiger partial charge in [-0.3, -0.25) is 0 Å². The summed E-state index contributed by atoms with van der Waals surface area (Å²) in [5.74, 6) is 0. The standard InChI is InChI=1S/C13H17F3N2O2S/c14-13(15,16)11-5-1-2-6-12(11)21(19,20)18-9-7-10-4-3-8-17-10/h1-2,5-6,10,17-18H,3-4,7-9H2/t10-/m1/s1. The number of halogens is 3. The van der Waals surface area contributed by atoms with Gasteiger partial charge >= 0.3 is 6.18 Å². The molecule has 0 amide bonds. The van der Waals surface area contributed by atoms with Crippen molar-refractivity contribution in [2.24, 2.45) is 0 Å². The third kappa shape index (κ3) is 4.18.